The number of nitrogens with zero attached hydrogens (tertiary/aromatic N) is 3. The van der Waals surface area contributed by atoms with Gasteiger partial charge < -0.3 is 10.6 Å². The number of rotatable bonds is 4. The summed E-state index contributed by atoms with van der Waals surface area (Å²) in [5, 5.41) is 1.06. The number of anilines is 1. The van der Waals surface area contributed by atoms with E-state index in [0.717, 1.165) is 42.8 Å². The summed E-state index contributed by atoms with van der Waals surface area (Å²) in [5.41, 5.74) is 6.40. The zero-order valence-corrected chi connectivity index (χ0v) is 10.5. The third-order valence-corrected chi connectivity index (χ3v) is 4.38. The summed E-state index contributed by atoms with van der Waals surface area (Å²) in [7, 11) is 0. The average molecular weight is 238 g/mol. The maximum Gasteiger partial charge on any atom is 0.205 e. The first kappa shape index (κ1) is 10.5. The maximum atomic E-state index is 6.32. The van der Waals surface area contributed by atoms with Crippen molar-refractivity contribution < 1.29 is 0 Å². The summed E-state index contributed by atoms with van der Waals surface area (Å²) < 4.78 is 4.37. The lowest BCUT2D eigenvalue weighted by Gasteiger charge is -2.48. The topological polar surface area (TPSA) is 55.0 Å². The Hall–Kier alpha value is -0.680. The summed E-state index contributed by atoms with van der Waals surface area (Å²) in [4.78, 5) is 6.82. The molecule has 2 fully saturated rings. The van der Waals surface area contributed by atoms with Gasteiger partial charge in [-0.2, -0.15) is 4.37 Å². The lowest BCUT2D eigenvalue weighted by Crippen LogP contribution is -2.69. The fourth-order valence-electron chi connectivity index (χ4n) is 2.41. The van der Waals surface area contributed by atoms with Gasteiger partial charge in [0.05, 0.1) is 5.54 Å². The monoisotopic (exact) mass is 238 g/mol. The van der Waals surface area contributed by atoms with Gasteiger partial charge in [-0.05, 0) is 25.2 Å². The van der Waals surface area contributed by atoms with Gasteiger partial charge in [-0.15, -0.1) is 0 Å². The van der Waals surface area contributed by atoms with Crippen molar-refractivity contribution in [2.75, 3.05) is 18.0 Å². The minimum atomic E-state index is 0.0800. The van der Waals surface area contributed by atoms with Gasteiger partial charge in [-0.25, -0.2) is 4.98 Å². The van der Waals surface area contributed by atoms with Crippen LogP contribution >= 0.6 is 11.5 Å². The van der Waals surface area contributed by atoms with Crippen LogP contribution in [0, 0.1) is 5.92 Å². The molecule has 3 rings (SSSR count). The van der Waals surface area contributed by atoms with Crippen LogP contribution < -0.4 is 10.6 Å². The summed E-state index contributed by atoms with van der Waals surface area (Å²) >= 11 is 1.52. The highest BCUT2D eigenvalue weighted by molar-refractivity contribution is 7.09. The molecule has 0 aromatic carbocycles. The number of aromatic nitrogens is 2. The van der Waals surface area contributed by atoms with Gasteiger partial charge in [-0.1, -0.05) is 6.92 Å². The Bertz CT molecular complexity index is 379. The van der Waals surface area contributed by atoms with Crippen LogP contribution in [0.15, 0.2) is 0 Å². The van der Waals surface area contributed by atoms with Gasteiger partial charge in [-0.3, -0.25) is 0 Å². The molecule has 1 saturated heterocycles. The SMILES string of the molecule is CCCc1nsc(N2CC(N)(C3CC3)C2)n1. The molecule has 0 unspecified atom stereocenters. The largest absolute Gasteiger partial charge is 0.343 e. The molecule has 1 saturated carbocycles. The minimum absolute atomic E-state index is 0.0800. The first-order valence-electron chi connectivity index (χ1n) is 6.08. The Morgan fingerprint density at radius 1 is 1.50 bits per heavy atom. The number of hydrogen-bond donors (Lipinski definition) is 1. The van der Waals surface area contributed by atoms with Crippen molar-refractivity contribution in [3.8, 4) is 0 Å². The first-order chi connectivity index (χ1) is 7.71. The fourth-order valence-corrected chi connectivity index (χ4v) is 3.12. The third-order valence-electron chi connectivity index (χ3n) is 3.56. The van der Waals surface area contributed by atoms with Crippen LogP contribution in [0.1, 0.15) is 32.0 Å². The van der Waals surface area contributed by atoms with Crippen LogP contribution in [-0.2, 0) is 6.42 Å². The molecule has 16 heavy (non-hydrogen) atoms. The van der Waals surface area contributed by atoms with Gasteiger partial charge in [0.2, 0.25) is 5.13 Å². The van der Waals surface area contributed by atoms with E-state index >= 15 is 0 Å². The van der Waals surface area contributed by atoms with Crippen molar-refractivity contribution in [2.24, 2.45) is 11.7 Å². The highest BCUT2D eigenvalue weighted by atomic mass is 32.1. The van der Waals surface area contributed by atoms with E-state index in [-0.39, 0.29) is 5.54 Å². The molecule has 4 nitrogen and oxygen atoms in total. The van der Waals surface area contributed by atoms with Crippen molar-refractivity contribution in [1.29, 1.82) is 0 Å². The van der Waals surface area contributed by atoms with Crippen molar-refractivity contribution >= 4 is 16.7 Å². The molecular weight excluding hydrogens is 220 g/mol. The summed E-state index contributed by atoms with van der Waals surface area (Å²) in [6.07, 6.45) is 4.74. The highest BCUT2D eigenvalue weighted by Gasteiger charge is 2.51. The molecule has 88 valence electrons. The van der Waals surface area contributed by atoms with E-state index < -0.39 is 0 Å². The van der Waals surface area contributed by atoms with E-state index in [1.54, 1.807) is 0 Å². The van der Waals surface area contributed by atoms with Gasteiger partial charge in [0.25, 0.3) is 0 Å². The molecule has 1 aromatic heterocycles. The van der Waals surface area contributed by atoms with Crippen molar-refractivity contribution in [2.45, 2.75) is 38.1 Å². The predicted octanol–water partition coefficient (Wildman–Crippen LogP) is 1.42. The second kappa shape index (κ2) is 3.67. The molecule has 2 heterocycles. The molecule has 1 aliphatic carbocycles. The molecule has 2 aliphatic rings. The van der Waals surface area contributed by atoms with E-state index in [9.17, 15) is 0 Å². The summed E-state index contributed by atoms with van der Waals surface area (Å²) in [6, 6.07) is 0. The average Bonchev–Trinajstić information content (AvgIpc) is 2.97. The van der Waals surface area contributed by atoms with Crippen molar-refractivity contribution in [1.82, 2.24) is 9.36 Å². The molecular formula is C11H18N4S. The standard InChI is InChI=1S/C11H18N4S/c1-2-3-9-13-10(16-14-9)15-6-11(12,7-15)8-4-5-8/h8H,2-7,12H2,1H3. The Labute approximate surface area is 100 Å². The molecule has 1 aliphatic heterocycles. The van der Waals surface area contributed by atoms with Crippen molar-refractivity contribution in [3.05, 3.63) is 5.82 Å². The minimum Gasteiger partial charge on any atom is -0.343 e. The zero-order valence-electron chi connectivity index (χ0n) is 9.65. The van der Waals surface area contributed by atoms with Crippen LogP contribution in [0.5, 0.6) is 0 Å². The molecule has 5 heteroatoms. The smallest absolute Gasteiger partial charge is 0.205 e. The van der Waals surface area contributed by atoms with Crippen LogP contribution in [0.2, 0.25) is 0 Å². The van der Waals surface area contributed by atoms with Gasteiger partial charge in [0.15, 0.2) is 0 Å². The van der Waals surface area contributed by atoms with Crippen molar-refractivity contribution in [3.63, 3.8) is 0 Å². The van der Waals surface area contributed by atoms with Gasteiger partial charge in [0, 0.05) is 31.0 Å². The number of nitrogens with two attached hydrogens (primary N) is 1. The normalized spacial score (nSPS) is 23.2. The molecule has 0 spiro atoms. The summed E-state index contributed by atoms with van der Waals surface area (Å²) in [5.74, 6) is 1.76. The Morgan fingerprint density at radius 3 is 2.88 bits per heavy atom. The van der Waals surface area contributed by atoms with E-state index in [4.69, 9.17) is 5.73 Å². The van der Waals surface area contributed by atoms with E-state index in [2.05, 4.69) is 21.2 Å². The van der Waals surface area contributed by atoms with Gasteiger partial charge in [0.1, 0.15) is 5.82 Å². The predicted molar refractivity (Wildman–Crippen MR) is 65.8 cm³/mol. The van der Waals surface area contributed by atoms with E-state index in [0.29, 0.717) is 0 Å². The molecule has 1 aromatic rings. The Morgan fingerprint density at radius 2 is 2.25 bits per heavy atom. The lowest BCUT2D eigenvalue weighted by molar-refractivity contribution is 0.290. The van der Waals surface area contributed by atoms with E-state index in [1.807, 2.05) is 0 Å². The maximum absolute atomic E-state index is 6.32. The summed E-state index contributed by atoms with van der Waals surface area (Å²) in [6.45, 7) is 4.10. The Balaban J connectivity index is 1.62. The van der Waals surface area contributed by atoms with E-state index in [1.165, 1.54) is 24.4 Å². The molecule has 0 atom stereocenters. The zero-order chi connectivity index (χ0) is 11.2. The van der Waals surface area contributed by atoms with Gasteiger partial charge >= 0.3 is 0 Å². The molecule has 0 bridgehead atoms. The Kier molecular flexibility index (Phi) is 2.40. The fraction of sp³-hybridized carbons (Fsp3) is 0.818. The quantitative estimate of drug-likeness (QED) is 0.862. The van der Waals surface area contributed by atoms with Crippen LogP contribution in [0.25, 0.3) is 0 Å². The molecule has 0 amide bonds. The highest BCUT2D eigenvalue weighted by Crippen LogP contribution is 2.44. The first-order valence-corrected chi connectivity index (χ1v) is 6.85. The second-order valence-corrected chi connectivity index (χ2v) is 5.84. The third kappa shape index (κ3) is 1.72. The van der Waals surface area contributed by atoms with Crippen LogP contribution in [-0.4, -0.2) is 28.0 Å². The number of hydrogen-bond acceptors (Lipinski definition) is 5. The lowest BCUT2D eigenvalue weighted by atomic mass is 9.86. The number of aryl methyl sites for hydroxylation is 1. The van der Waals surface area contributed by atoms with Crippen LogP contribution in [0.3, 0.4) is 0 Å². The molecule has 0 radical (unpaired) electrons. The van der Waals surface area contributed by atoms with Crippen LogP contribution in [0.4, 0.5) is 5.13 Å². The second-order valence-electron chi connectivity index (χ2n) is 5.11. The molecule has 2 N–H and O–H groups in total.